The lowest BCUT2D eigenvalue weighted by Gasteiger charge is -2.18. The van der Waals surface area contributed by atoms with Crippen LogP contribution in [0.3, 0.4) is 0 Å². The summed E-state index contributed by atoms with van der Waals surface area (Å²) in [6.45, 7) is 1.31. The Morgan fingerprint density at radius 2 is 1.96 bits per heavy atom. The summed E-state index contributed by atoms with van der Waals surface area (Å²) in [5, 5.41) is 8.03. The largest absolute Gasteiger partial charge is 0.434 e. The van der Waals surface area contributed by atoms with Gasteiger partial charge in [0.05, 0.1) is 5.01 Å². The zero-order valence-corrected chi connectivity index (χ0v) is 16.0. The van der Waals surface area contributed by atoms with Gasteiger partial charge in [0, 0.05) is 31.9 Å². The molecule has 2 aromatic rings. The Morgan fingerprint density at radius 3 is 2.56 bits per heavy atom. The molecule has 0 spiro atoms. The monoisotopic (exact) mass is 396 g/mol. The van der Waals surface area contributed by atoms with Crippen LogP contribution in [0.4, 0.5) is 13.2 Å². The summed E-state index contributed by atoms with van der Waals surface area (Å²) >= 11 is 1.03. The average Bonchev–Trinajstić information content (AvgIpc) is 3.22. The molecular formula is C19H23F3N4S. The number of alkyl halides is 3. The molecule has 0 saturated heterocycles. The van der Waals surface area contributed by atoms with E-state index in [0.717, 1.165) is 29.7 Å². The molecule has 1 aromatic heterocycles. The molecule has 0 radical (unpaired) electrons. The molecule has 4 nitrogen and oxygen atoms in total. The first-order valence-corrected chi connectivity index (χ1v) is 9.78. The molecule has 1 aromatic carbocycles. The Balaban J connectivity index is 1.43. The number of guanidine groups is 1. The quantitative estimate of drug-likeness (QED) is 0.551. The van der Waals surface area contributed by atoms with E-state index in [4.69, 9.17) is 0 Å². The minimum absolute atomic E-state index is 0.274. The zero-order chi connectivity index (χ0) is 19.3. The Morgan fingerprint density at radius 1 is 1.22 bits per heavy atom. The lowest BCUT2D eigenvalue weighted by molar-refractivity contribution is -0.140. The number of nitrogens with zero attached hydrogens (tertiary/aromatic N) is 2. The van der Waals surface area contributed by atoms with Gasteiger partial charge in [0.25, 0.3) is 0 Å². The van der Waals surface area contributed by atoms with Crippen molar-refractivity contribution in [1.29, 1.82) is 0 Å². The van der Waals surface area contributed by atoms with Crippen molar-refractivity contribution < 1.29 is 13.2 Å². The molecule has 8 heteroatoms. The second kappa shape index (κ2) is 8.29. The molecule has 1 aliphatic rings. The SMILES string of the molecule is CN=C(NCCc1nc(C(F)(F)F)cs1)NCC1(Cc2ccccc2)CC1. The fourth-order valence-corrected chi connectivity index (χ4v) is 3.76. The average molecular weight is 396 g/mol. The maximum Gasteiger partial charge on any atom is 0.434 e. The van der Waals surface area contributed by atoms with Gasteiger partial charge in [0.1, 0.15) is 0 Å². The van der Waals surface area contributed by atoms with Crippen LogP contribution in [0.25, 0.3) is 0 Å². The molecule has 1 fully saturated rings. The van der Waals surface area contributed by atoms with Gasteiger partial charge in [0.15, 0.2) is 11.7 Å². The van der Waals surface area contributed by atoms with E-state index in [1.54, 1.807) is 7.05 Å². The summed E-state index contributed by atoms with van der Waals surface area (Å²) in [5.74, 6) is 0.668. The van der Waals surface area contributed by atoms with Crippen molar-refractivity contribution in [3.8, 4) is 0 Å². The van der Waals surface area contributed by atoms with Gasteiger partial charge in [-0.3, -0.25) is 4.99 Å². The number of nitrogens with one attached hydrogen (secondary N) is 2. The third kappa shape index (κ3) is 5.69. The van der Waals surface area contributed by atoms with Crippen LogP contribution < -0.4 is 10.6 Å². The van der Waals surface area contributed by atoms with Gasteiger partial charge in [-0.05, 0) is 30.2 Å². The third-order valence-electron chi connectivity index (χ3n) is 4.71. The summed E-state index contributed by atoms with van der Waals surface area (Å²) in [4.78, 5) is 7.84. The van der Waals surface area contributed by atoms with Crippen LogP contribution in [0.1, 0.15) is 29.1 Å². The van der Waals surface area contributed by atoms with Gasteiger partial charge in [-0.15, -0.1) is 11.3 Å². The first kappa shape index (κ1) is 19.7. The molecule has 146 valence electrons. The van der Waals surface area contributed by atoms with Gasteiger partial charge in [-0.2, -0.15) is 13.2 Å². The zero-order valence-electron chi connectivity index (χ0n) is 15.1. The number of halogens is 3. The predicted octanol–water partition coefficient (Wildman–Crippen LogP) is 3.89. The molecule has 3 rings (SSSR count). The van der Waals surface area contributed by atoms with Crippen LogP contribution in [0.5, 0.6) is 0 Å². The Hall–Kier alpha value is -2.09. The molecule has 27 heavy (non-hydrogen) atoms. The number of aromatic nitrogens is 1. The van der Waals surface area contributed by atoms with Crippen LogP contribution in [-0.2, 0) is 19.0 Å². The fraction of sp³-hybridized carbons (Fsp3) is 0.474. The summed E-state index contributed by atoms with van der Waals surface area (Å²) in [6.07, 6.45) is -0.540. The number of aliphatic imine (C=N–C) groups is 1. The van der Waals surface area contributed by atoms with E-state index in [0.29, 0.717) is 23.9 Å². The van der Waals surface area contributed by atoms with E-state index >= 15 is 0 Å². The number of hydrogen-bond acceptors (Lipinski definition) is 3. The first-order valence-electron chi connectivity index (χ1n) is 8.90. The van der Waals surface area contributed by atoms with Crippen LogP contribution >= 0.6 is 11.3 Å². The minimum atomic E-state index is -4.38. The molecule has 2 N–H and O–H groups in total. The van der Waals surface area contributed by atoms with Crippen molar-refractivity contribution in [2.75, 3.05) is 20.1 Å². The van der Waals surface area contributed by atoms with Crippen LogP contribution in [0, 0.1) is 5.41 Å². The maximum absolute atomic E-state index is 12.6. The second-order valence-corrected chi connectivity index (χ2v) is 7.83. The highest BCUT2D eigenvalue weighted by Crippen LogP contribution is 2.47. The van der Waals surface area contributed by atoms with E-state index in [-0.39, 0.29) is 5.41 Å². The van der Waals surface area contributed by atoms with Crippen molar-refractivity contribution in [3.05, 3.63) is 52.0 Å². The lowest BCUT2D eigenvalue weighted by Crippen LogP contribution is -2.41. The van der Waals surface area contributed by atoms with Crippen LogP contribution in [0.2, 0.25) is 0 Å². The molecule has 0 bridgehead atoms. The summed E-state index contributed by atoms with van der Waals surface area (Å²) < 4.78 is 37.7. The molecule has 0 amide bonds. The summed E-state index contributed by atoms with van der Waals surface area (Å²) in [7, 11) is 1.69. The normalized spacial score (nSPS) is 16.2. The number of rotatable bonds is 7. The first-order chi connectivity index (χ1) is 12.9. The van der Waals surface area contributed by atoms with Crippen molar-refractivity contribution in [3.63, 3.8) is 0 Å². The highest BCUT2D eigenvalue weighted by Gasteiger charge is 2.42. The highest BCUT2D eigenvalue weighted by atomic mass is 32.1. The molecule has 1 saturated carbocycles. The van der Waals surface area contributed by atoms with Gasteiger partial charge in [-0.1, -0.05) is 30.3 Å². The van der Waals surface area contributed by atoms with Crippen molar-refractivity contribution in [1.82, 2.24) is 15.6 Å². The predicted molar refractivity (Wildman–Crippen MR) is 102 cm³/mol. The number of benzene rings is 1. The van der Waals surface area contributed by atoms with Gasteiger partial charge in [0.2, 0.25) is 0 Å². The standard InChI is InChI=1S/C19H23F3N4S/c1-23-17(24-10-7-16-26-15(12-27-16)19(20,21)22)25-13-18(8-9-18)11-14-5-3-2-4-6-14/h2-6,12H,7-11,13H2,1H3,(H2,23,24,25). The van der Waals surface area contributed by atoms with E-state index in [2.05, 4.69) is 44.9 Å². The van der Waals surface area contributed by atoms with E-state index in [1.807, 2.05) is 6.07 Å². The fourth-order valence-electron chi connectivity index (χ4n) is 2.96. The van der Waals surface area contributed by atoms with Crippen LogP contribution in [-0.4, -0.2) is 31.1 Å². The molecular weight excluding hydrogens is 373 g/mol. The third-order valence-corrected chi connectivity index (χ3v) is 5.62. The topological polar surface area (TPSA) is 49.3 Å². The van der Waals surface area contributed by atoms with Crippen LogP contribution in [0.15, 0.2) is 40.7 Å². The van der Waals surface area contributed by atoms with Crippen molar-refractivity contribution in [2.45, 2.75) is 31.9 Å². The Labute approximate surface area is 160 Å². The molecule has 1 aliphatic carbocycles. The van der Waals surface area contributed by atoms with Crippen molar-refractivity contribution >= 4 is 17.3 Å². The molecule has 0 atom stereocenters. The second-order valence-electron chi connectivity index (χ2n) is 6.89. The molecule has 0 unspecified atom stereocenters. The number of hydrogen-bond donors (Lipinski definition) is 2. The minimum Gasteiger partial charge on any atom is -0.356 e. The Kier molecular flexibility index (Phi) is 6.04. The van der Waals surface area contributed by atoms with Gasteiger partial charge >= 0.3 is 6.18 Å². The smallest absolute Gasteiger partial charge is 0.356 e. The number of thiazole rings is 1. The maximum atomic E-state index is 12.6. The highest BCUT2D eigenvalue weighted by molar-refractivity contribution is 7.09. The molecule has 0 aliphatic heterocycles. The Bertz CT molecular complexity index is 767. The van der Waals surface area contributed by atoms with E-state index in [9.17, 15) is 13.2 Å². The summed E-state index contributed by atoms with van der Waals surface area (Å²) in [6, 6.07) is 10.4. The van der Waals surface area contributed by atoms with E-state index < -0.39 is 11.9 Å². The van der Waals surface area contributed by atoms with Gasteiger partial charge in [-0.25, -0.2) is 4.98 Å². The molecule has 1 heterocycles. The van der Waals surface area contributed by atoms with E-state index in [1.165, 1.54) is 18.4 Å². The van der Waals surface area contributed by atoms with Gasteiger partial charge < -0.3 is 10.6 Å². The summed E-state index contributed by atoms with van der Waals surface area (Å²) in [5.41, 5.74) is 0.793. The van der Waals surface area contributed by atoms with Crippen molar-refractivity contribution in [2.24, 2.45) is 10.4 Å². The lowest BCUT2D eigenvalue weighted by atomic mass is 9.96.